The fourth-order valence-corrected chi connectivity index (χ4v) is 1.44. The van der Waals surface area contributed by atoms with Gasteiger partial charge < -0.3 is 11.5 Å². The molecule has 4 N–H and O–H groups in total. The van der Waals surface area contributed by atoms with Crippen molar-refractivity contribution >= 4 is 11.3 Å². The van der Waals surface area contributed by atoms with Gasteiger partial charge >= 0.3 is 0 Å². The van der Waals surface area contributed by atoms with E-state index in [0.29, 0.717) is 0 Å². The van der Waals surface area contributed by atoms with Gasteiger partial charge in [-0.15, -0.1) is 0 Å². The zero-order valence-electron chi connectivity index (χ0n) is 8.39. The molecule has 0 heterocycles. The van der Waals surface area contributed by atoms with Crippen molar-refractivity contribution in [3.63, 3.8) is 0 Å². The van der Waals surface area contributed by atoms with E-state index in [1.54, 1.807) is 6.20 Å². The smallest absolute Gasteiger partial charge is 0.0423 e. The maximum atomic E-state index is 5.96. The molecule has 0 atom stereocenters. The van der Waals surface area contributed by atoms with Gasteiger partial charge in [0.25, 0.3) is 0 Å². The van der Waals surface area contributed by atoms with Crippen LogP contribution in [0.3, 0.4) is 0 Å². The van der Waals surface area contributed by atoms with Crippen molar-refractivity contribution in [1.82, 2.24) is 0 Å². The molecule has 0 radical (unpaired) electrons. The molecule has 0 spiro atoms. The first-order valence-corrected chi connectivity index (χ1v) is 4.32. The molecule has 0 bridgehead atoms. The summed E-state index contributed by atoms with van der Waals surface area (Å²) < 4.78 is 0. The molecule has 2 nitrogen and oxygen atoms in total. The Kier molecular flexibility index (Phi) is 2.61. The highest BCUT2D eigenvalue weighted by atomic mass is 14.6. The number of rotatable bonds is 1. The van der Waals surface area contributed by atoms with Gasteiger partial charge in [0.2, 0.25) is 0 Å². The van der Waals surface area contributed by atoms with Crippen LogP contribution in [0.1, 0.15) is 23.6 Å². The molecule has 0 aromatic heterocycles. The van der Waals surface area contributed by atoms with Gasteiger partial charge in [-0.3, -0.25) is 0 Å². The van der Waals surface area contributed by atoms with Crippen molar-refractivity contribution in [2.24, 2.45) is 5.73 Å². The molecule has 0 unspecified atom stereocenters. The van der Waals surface area contributed by atoms with Crippen LogP contribution in [-0.2, 0) is 0 Å². The Morgan fingerprint density at radius 1 is 1.23 bits per heavy atom. The quantitative estimate of drug-likeness (QED) is 0.644. The topological polar surface area (TPSA) is 52.0 Å². The molecule has 70 valence electrons. The molecule has 2 heteroatoms. The maximum Gasteiger partial charge on any atom is 0.0423 e. The number of anilines is 1. The molecule has 0 amide bonds. The van der Waals surface area contributed by atoms with Crippen LogP contribution in [0.2, 0.25) is 0 Å². The van der Waals surface area contributed by atoms with Crippen LogP contribution >= 0.6 is 0 Å². The van der Waals surface area contributed by atoms with Crippen LogP contribution in [-0.4, -0.2) is 0 Å². The van der Waals surface area contributed by atoms with E-state index in [1.807, 2.05) is 26.8 Å². The Bertz CT molecular complexity index is 351. The van der Waals surface area contributed by atoms with Gasteiger partial charge in [-0.05, 0) is 43.7 Å². The highest BCUT2D eigenvalue weighted by Gasteiger charge is 2.06. The van der Waals surface area contributed by atoms with E-state index < -0.39 is 0 Å². The molecule has 1 aromatic rings. The number of allylic oxidation sites excluding steroid dienone is 1. The van der Waals surface area contributed by atoms with Crippen LogP contribution < -0.4 is 11.5 Å². The Balaban J connectivity index is 3.42. The van der Waals surface area contributed by atoms with Gasteiger partial charge in [0.05, 0.1) is 0 Å². The number of hydrogen-bond donors (Lipinski definition) is 2. The van der Waals surface area contributed by atoms with Crippen molar-refractivity contribution in [3.8, 4) is 0 Å². The zero-order valence-corrected chi connectivity index (χ0v) is 8.39. The van der Waals surface area contributed by atoms with Crippen LogP contribution in [0, 0.1) is 13.8 Å². The van der Waals surface area contributed by atoms with Crippen molar-refractivity contribution in [3.05, 3.63) is 35.0 Å². The summed E-state index contributed by atoms with van der Waals surface area (Å²) in [7, 11) is 0. The van der Waals surface area contributed by atoms with Crippen LogP contribution in [0.15, 0.2) is 18.3 Å². The summed E-state index contributed by atoms with van der Waals surface area (Å²) in [6.07, 6.45) is 1.60. The van der Waals surface area contributed by atoms with E-state index in [4.69, 9.17) is 11.5 Å². The second-order valence-electron chi connectivity index (χ2n) is 3.34. The number of nitrogens with two attached hydrogens (primary N) is 2. The summed E-state index contributed by atoms with van der Waals surface area (Å²) in [5.41, 5.74) is 16.6. The van der Waals surface area contributed by atoms with Crippen molar-refractivity contribution < 1.29 is 0 Å². The van der Waals surface area contributed by atoms with Gasteiger partial charge in [0, 0.05) is 11.3 Å². The lowest BCUT2D eigenvalue weighted by Gasteiger charge is -2.11. The summed E-state index contributed by atoms with van der Waals surface area (Å²) in [6.45, 7) is 6.01. The minimum atomic E-state index is 0.833. The molecular formula is C11H16N2. The second-order valence-corrected chi connectivity index (χ2v) is 3.34. The van der Waals surface area contributed by atoms with Gasteiger partial charge in [-0.25, -0.2) is 0 Å². The maximum absolute atomic E-state index is 5.96. The van der Waals surface area contributed by atoms with Gasteiger partial charge in [-0.1, -0.05) is 12.1 Å². The first-order chi connectivity index (χ1) is 6.07. The van der Waals surface area contributed by atoms with E-state index in [9.17, 15) is 0 Å². The lowest BCUT2D eigenvalue weighted by molar-refractivity contribution is 1.35. The van der Waals surface area contributed by atoms with Crippen molar-refractivity contribution in [1.29, 1.82) is 0 Å². The minimum Gasteiger partial charge on any atom is -0.404 e. The molecule has 0 aliphatic carbocycles. The lowest BCUT2D eigenvalue weighted by atomic mass is 9.97. The first-order valence-electron chi connectivity index (χ1n) is 4.32. The predicted octanol–water partition coefficient (Wildman–Crippen LogP) is 2.21. The lowest BCUT2D eigenvalue weighted by Crippen LogP contribution is -1.99. The molecule has 1 rings (SSSR count). The molecule has 0 aliphatic rings. The predicted molar refractivity (Wildman–Crippen MR) is 58.2 cm³/mol. The Hall–Kier alpha value is -1.44. The Morgan fingerprint density at radius 3 is 2.31 bits per heavy atom. The van der Waals surface area contributed by atoms with Crippen LogP contribution in [0.25, 0.3) is 5.57 Å². The summed E-state index contributed by atoms with van der Waals surface area (Å²) >= 11 is 0. The third-order valence-corrected chi connectivity index (χ3v) is 2.32. The number of nitrogen functional groups attached to an aromatic ring is 1. The molecule has 0 aliphatic heterocycles. The van der Waals surface area contributed by atoms with Crippen LogP contribution in [0.4, 0.5) is 5.69 Å². The van der Waals surface area contributed by atoms with E-state index in [-0.39, 0.29) is 0 Å². The minimum absolute atomic E-state index is 0.833. The fraction of sp³-hybridized carbons (Fsp3) is 0.273. The van der Waals surface area contributed by atoms with E-state index in [0.717, 1.165) is 22.4 Å². The first kappa shape index (κ1) is 9.65. The van der Waals surface area contributed by atoms with Crippen molar-refractivity contribution in [2.75, 3.05) is 5.73 Å². The molecular weight excluding hydrogens is 160 g/mol. The normalized spacial score (nSPS) is 11.8. The average Bonchev–Trinajstić information content (AvgIpc) is 2.12. The standard InChI is InChI=1S/C11H16N2/c1-7-4-5-8(2)11(13)10(7)9(3)6-12/h4-6H,12-13H2,1-3H3/b9-6-. The van der Waals surface area contributed by atoms with E-state index >= 15 is 0 Å². The SMILES string of the molecule is C/C(=C/N)c1c(C)ccc(C)c1N. The third-order valence-electron chi connectivity index (χ3n) is 2.32. The monoisotopic (exact) mass is 176 g/mol. The average molecular weight is 176 g/mol. The summed E-state index contributed by atoms with van der Waals surface area (Å²) in [4.78, 5) is 0. The Labute approximate surface area is 79.2 Å². The summed E-state index contributed by atoms with van der Waals surface area (Å²) in [5.74, 6) is 0. The van der Waals surface area contributed by atoms with Gasteiger partial charge in [0.15, 0.2) is 0 Å². The van der Waals surface area contributed by atoms with Gasteiger partial charge in [0.1, 0.15) is 0 Å². The molecule has 0 fully saturated rings. The second kappa shape index (κ2) is 3.52. The fourth-order valence-electron chi connectivity index (χ4n) is 1.44. The molecule has 13 heavy (non-hydrogen) atoms. The van der Waals surface area contributed by atoms with E-state index in [1.165, 1.54) is 5.56 Å². The Morgan fingerprint density at radius 2 is 1.77 bits per heavy atom. The molecule has 0 saturated carbocycles. The highest BCUT2D eigenvalue weighted by molar-refractivity contribution is 5.77. The van der Waals surface area contributed by atoms with Gasteiger partial charge in [-0.2, -0.15) is 0 Å². The number of hydrogen-bond acceptors (Lipinski definition) is 2. The molecule has 0 saturated heterocycles. The summed E-state index contributed by atoms with van der Waals surface area (Å²) in [5, 5.41) is 0. The van der Waals surface area contributed by atoms with Crippen molar-refractivity contribution in [2.45, 2.75) is 20.8 Å². The highest BCUT2D eigenvalue weighted by Crippen LogP contribution is 2.26. The molecule has 1 aromatic carbocycles. The van der Waals surface area contributed by atoms with Crippen LogP contribution in [0.5, 0.6) is 0 Å². The van der Waals surface area contributed by atoms with E-state index in [2.05, 4.69) is 6.07 Å². The summed E-state index contributed by atoms with van der Waals surface area (Å²) in [6, 6.07) is 4.09. The number of aryl methyl sites for hydroxylation is 2. The zero-order chi connectivity index (χ0) is 10.0. The largest absolute Gasteiger partial charge is 0.404 e. The number of benzene rings is 1. The third kappa shape index (κ3) is 1.66.